The zero-order valence-corrected chi connectivity index (χ0v) is 11.3. The first-order valence-electron chi connectivity index (χ1n) is 5.23. The summed E-state index contributed by atoms with van der Waals surface area (Å²) in [7, 11) is 0. The standard InChI is InChI=1S/C12H16BrClO/c1-3-8(4-2)12(15)9-6-5-7-10(13)11(9)14/h5-8,12,15H,3-4H2,1-2H3. The first kappa shape index (κ1) is 13.0. The van der Waals surface area contributed by atoms with E-state index in [1.165, 1.54) is 0 Å². The van der Waals surface area contributed by atoms with Crippen molar-refractivity contribution in [2.75, 3.05) is 0 Å². The van der Waals surface area contributed by atoms with Crippen LogP contribution in [0.15, 0.2) is 22.7 Å². The van der Waals surface area contributed by atoms with E-state index in [2.05, 4.69) is 29.8 Å². The lowest BCUT2D eigenvalue weighted by Crippen LogP contribution is -2.11. The molecule has 0 saturated carbocycles. The van der Waals surface area contributed by atoms with Crippen LogP contribution in [-0.2, 0) is 0 Å². The third-order valence-corrected chi connectivity index (χ3v) is 4.11. The summed E-state index contributed by atoms with van der Waals surface area (Å²) < 4.78 is 0.840. The zero-order valence-electron chi connectivity index (χ0n) is 9.00. The molecule has 1 aromatic carbocycles. The van der Waals surface area contributed by atoms with Crippen LogP contribution in [0.1, 0.15) is 38.4 Å². The highest BCUT2D eigenvalue weighted by Gasteiger charge is 2.20. The predicted octanol–water partition coefficient (Wildman–Crippen LogP) is 4.57. The molecule has 1 atom stereocenters. The number of hydrogen-bond acceptors (Lipinski definition) is 1. The Morgan fingerprint density at radius 1 is 1.33 bits per heavy atom. The summed E-state index contributed by atoms with van der Waals surface area (Å²) in [5, 5.41) is 10.8. The van der Waals surface area contributed by atoms with Crippen LogP contribution in [-0.4, -0.2) is 5.11 Å². The van der Waals surface area contributed by atoms with E-state index in [1.54, 1.807) is 0 Å². The average molecular weight is 292 g/mol. The van der Waals surface area contributed by atoms with E-state index in [1.807, 2.05) is 18.2 Å². The number of hydrogen-bond donors (Lipinski definition) is 1. The zero-order chi connectivity index (χ0) is 11.4. The van der Waals surface area contributed by atoms with E-state index in [0.29, 0.717) is 5.02 Å². The summed E-state index contributed by atoms with van der Waals surface area (Å²) in [4.78, 5) is 0. The van der Waals surface area contributed by atoms with Crippen molar-refractivity contribution >= 4 is 27.5 Å². The van der Waals surface area contributed by atoms with E-state index in [4.69, 9.17) is 11.6 Å². The second-order valence-corrected chi connectivity index (χ2v) is 4.90. The fourth-order valence-electron chi connectivity index (χ4n) is 1.74. The maximum Gasteiger partial charge on any atom is 0.0832 e. The Morgan fingerprint density at radius 3 is 2.47 bits per heavy atom. The molecule has 0 spiro atoms. The molecule has 84 valence electrons. The van der Waals surface area contributed by atoms with Gasteiger partial charge in [0.05, 0.1) is 11.1 Å². The Bertz CT molecular complexity index is 323. The molecule has 0 radical (unpaired) electrons. The fraction of sp³-hybridized carbons (Fsp3) is 0.500. The van der Waals surface area contributed by atoms with Gasteiger partial charge in [-0.15, -0.1) is 0 Å². The van der Waals surface area contributed by atoms with Crippen LogP contribution in [0.5, 0.6) is 0 Å². The number of aliphatic hydroxyl groups excluding tert-OH is 1. The average Bonchev–Trinajstić information content (AvgIpc) is 2.23. The highest BCUT2D eigenvalue weighted by molar-refractivity contribution is 9.10. The third-order valence-electron chi connectivity index (χ3n) is 2.80. The van der Waals surface area contributed by atoms with Gasteiger partial charge in [-0.3, -0.25) is 0 Å². The van der Waals surface area contributed by atoms with Crippen LogP contribution in [0.4, 0.5) is 0 Å². The van der Waals surface area contributed by atoms with Crippen molar-refractivity contribution in [1.82, 2.24) is 0 Å². The van der Waals surface area contributed by atoms with Crippen LogP contribution in [0.3, 0.4) is 0 Å². The maximum absolute atomic E-state index is 10.2. The van der Waals surface area contributed by atoms with Gasteiger partial charge in [-0.1, -0.05) is 50.4 Å². The summed E-state index contributed by atoms with van der Waals surface area (Å²) in [6.45, 7) is 4.17. The summed E-state index contributed by atoms with van der Waals surface area (Å²) in [6.07, 6.45) is 1.45. The molecule has 1 aromatic rings. The molecule has 0 saturated heterocycles. The van der Waals surface area contributed by atoms with E-state index < -0.39 is 6.10 Å². The number of benzene rings is 1. The highest BCUT2D eigenvalue weighted by Crippen LogP contribution is 2.35. The first-order valence-corrected chi connectivity index (χ1v) is 6.40. The van der Waals surface area contributed by atoms with Crippen LogP contribution < -0.4 is 0 Å². The Morgan fingerprint density at radius 2 is 1.93 bits per heavy atom. The van der Waals surface area contributed by atoms with Crippen LogP contribution in [0.2, 0.25) is 5.02 Å². The van der Waals surface area contributed by atoms with Crippen LogP contribution >= 0.6 is 27.5 Å². The van der Waals surface area contributed by atoms with E-state index in [9.17, 15) is 5.11 Å². The second kappa shape index (κ2) is 5.88. The topological polar surface area (TPSA) is 20.2 Å². The van der Waals surface area contributed by atoms with Gasteiger partial charge in [0.15, 0.2) is 0 Å². The minimum atomic E-state index is -0.468. The smallest absolute Gasteiger partial charge is 0.0832 e. The summed E-state index contributed by atoms with van der Waals surface area (Å²) in [6, 6.07) is 5.67. The van der Waals surface area contributed by atoms with Crippen molar-refractivity contribution in [2.24, 2.45) is 5.92 Å². The highest BCUT2D eigenvalue weighted by atomic mass is 79.9. The molecule has 0 amide bonds. The lowest BCUT2D eigenvalue weighted by Gasteiger charge is -2.21. The van der Waals surface area contributed by atoms with Gasteiger partial charge in [0.2, 0.25) is 0 Å². The van der Waals surface area contributed by atoms with Crippen molar-refractivity contribution in [3.8, 4) is 0 Å². The Kier molecular flexibility index (Phi) is 5.10. The monoisotopic (exact) mass is 290 g/mol. The quantitative estimate of drug-likeness (QED) is 0.861. The lowest BCUT2D eigenvalue weighted by molar-refractivity contribution is 0.103. The molecule has 1 nitrogen and oxygen atoms in total. The van der Waals surface area contributed by atoms with Crippen molar-refractivity contribution in [2.45, 2.75) is 32.8 Å². The summed E-state index contributed by atoms with van der Waals surface area (Å²) in [5.41, 5.74) is 0.819. The minimum absolute atomic E-state index is 0.275. The van der Waals surface area contributed by atoms with Crippen LogP contribution in [0, 0.1) is 5.92 Å². The van der Waals surface area contributed by atoms with Crippen molar-refractivity contribution in [3.63, 3.8) is 0 Å². The molecule has 3 heteroatoms. The Labute approximate surface area is 105 Å². The van der Waals surface area contributed by atoms with Gasteiger partial charge in [0.1, 0.15) is 0 Å². The SMILES string of the molecule is CCC(CC)C(O)c1cccc(Br)c1Cl. The van der Waals surface area contributed by atoms with Gasteiger partial charge >= 0.3 is 0 Å². The molecule has 0 bridgehead atoms. The normalized spacial score (nSPS) is 13.2. The molecular weight excluding hydrogens is 275 g/mol. The van der Waals surface area contributed by atoms with Gasteiger partial charge < -0.3 is 5.11 Å². The Hall–Kier alpha value is -0.0500. The number of halogens is 2. The van der Waals surface area contributed by atoms with E-state index in [-0.39, 0.29) is 5.92 Å². The molecular formula is C12H16BrClO. The van der Waals surface area contributed by atoms with Gasteiger partial charge in [-0.25, -0.2) is 0 Å². The molecule has 1 unspecified atom stereocenters. The largest absolute Gasteiger partial charge is 0.388 e. The third kappa shape index (κ3) is 2.96. The first-order chi connectivity index (χ1) is 7.11. The van der Waals surface area contributed by atoms with Crippen LogP contribution in [0.25, 0.3) is 0 Å². The van der Waals surface area contributed by atoms with Crippen molar-refractivity contribution in [3.05, 3.63) is 33.3 Å². The molecule has 1 rings (SSSR count). The minimum Gasteiger partial charge on any atom is -0.388 e. The van der Waals surface area contributed by atoms with Gasteiger partial charge in [0.25, 0.3) is 0 Å². The molecule has 0 aliphatic heterocycles. The second-order valence-electron chi connectivity index (χ2n) is 3.66. The molecule has 15 heavy (non-hydrogen) atoms. The molecule has 0 heterocycles. The molecule has 0 fully saturated rings. The van der Waals surface area contributed by atoms with Gasteiger partial charge in [-0.05, 0) is 27.9 Å². The fourth-order valence-corrected chi connectivity index (χ4v) is 2.36. The van der Waals surface area contributed by atoms with Gasteiger partial charge in [0, 0.05) is 10.0 Å². The maximum atomic E-state index is 10.2. The lowest BCUT2D eigenvalue weighted by atomic mass is 9.91. The molecule has 0 aliphatic carbocycles. The Balaban J connectivity index is 2.99. The van der Waals surface area contributed by atoms with Crippen molar-refractivity contribution in [1.29, 1.82) is 0 Å². The summed E-state index contributed by atoms with van der Waals surface area (Å²) >= 11 is 9.50. The molecule has 1 N–H and O–H groups in total. The number of aliphatic hydroxyl groups is 1. The van der Waals surface area contributed by atoms with Gasteiger partial charge in [-0.2, -0.15) is 0 Å². The molecule has 0 aliphatic rings. The predicted molar refractivity (Wildman–Crippen MR) is 68.2 cm³/mol. The summed E-state index contributed by atoms with van der Waals surface area (Å²) in [5.74, 6) is 0.275. The van der Waals surface area contributed by atoms with E-state index >= 15 is 0 Å². The van der Waals surface area contributed by atoms with Crippen molar-refractivity contribution < 1.29 is 5.11 Å². The molecule has 0 aromatic heterocycles. The number of rotatable bonds is 4. The van der Waals surface area contributed by atoms with E-state index in [0.717, 1.165) is 22.9 Å².